The van der Waals surface area contributed by atoms with Crippen molar-refractivity contribution in [2.24, 2.45) is 0 Å². The predicted molar refractivity (Wildman–Crippen MR) is 72.4 cm³/mol. The van der Waals surface area contributed by atoms with E-state index in [1.165, 1.54) is 19.0 Å². The molecule has 0 aromatic heterocycles. The molecule has 0 aliphatic heterocycles. The van der Waals surface area contributed by atoms with E-state index in [2.05, 4.69) is 5.32 Å². The number of benzene rings is 1. The summed E-state index contributed by atoms with van der Waals surface area (Å²) in [5, 5.41) is 2.46. The van der Waals surface area contributed by atoms with E-state index in [1.54, 1.807) is 30.3 Å². The molecule has 0 saturated carbocycles. The van der Waals surface area contributed by atoms with Gasteiger partial charge in [-0.15, -0.1) is 0 Å². The maximum Gasteiger partial charge on any atom is 0.239 e. The molecule has 0 radical (unpaired) electrons. The number of hydrogen-bond acceptors (Lipinski definition) is 4. The first-order chi connectivity index (χ1) is 8.80. The summed E-state index contributed by atoms with van der Waals surface area (Å²) in [4.78, 5) is 24.1. The smallest absolute Gasteiger partial charge is 0.239 e. The minimum Gasteiger partial charge on any atom is -0.348 e. The van der Waals surface area contributed by atoms with E-state index in [4.69, 9.17) is 0 Å². The lowest BCUT2D eigenvalue weighted by Crippen LogP contribution is -2.33. The van der Waals surface area contributed by atoms with Crippen LogP contribution < -0.4 is 5.32 Å². The van der Waals surface area contributed by atoms with Gasteiger partial charge in [0.2, 0.25) is 11.8 Å². The molecule has 0 spiro atoms. The Kier molecular flexibility index (Phi) is 5.05. The topological polar surface area (TPSA) is 83.6 Å². The first-order valence-electron chi connectivity index (χ1n) is 5.55. The van der Waals surface area contributed by atoms with Gasteiger partial charge in [0.25, 0.3) is 0 Å². The van der Waals surface area contributed by atoms with Gasteiger partial charge < -0.3 is 10.2 Å². The molecule has 0 aliphatic carbocycles. The fourth-order valence-corrected chi connectivity index (χ4v) is 2.49. The maximum atomic E-state index is 11.6. The van der Waals surface area contributed by atoms with E-state index < -0.39 is 33.2 Å². The van der Waals surface area contributed by atoms with Crippen LogP contribution in [0.3, 0.4) is 0 Å². The average Bonchev–Trinajstić information content (AvgIpc) is 2.28. The maximum absolute atomic E-state index is 11.6. The molecule has 6 nitrogen and oxygen atoms in total. The Morgan fingerprint density at radius 1 is 1.11 bits per heavy atom. The molecule has 2 amide bonds. The van der Waals surface area contributed by atoms with E-state index in [0.717, 1.165) is 0 Å². The summed E-state index contributed by atoms with van der Waals surface area (Å²) in [7, 11) is -0.828. The fourth-order valence-electron chi connectivity index (χ4n) is 1.29. The number of carbonyl (C=O) groups excluding carboxylic acids is 2. The average molecular weight is 284 g/mol. The van der Waals surface area contributed by atoms with Crippen molar-refractivity contribution >= 4 is 27.3 Å². The van der Waals surface area contributed by atoms with Crippen molar-refractivity contribution in [3.8, 4) is 0 Å². The van der Waals surface area contributed by atoms with Gasteiger partial charge in [-0.1, -0.05) is 18.2 Å². The van der Waals surface area contributed by atoms with Gasteiger partial charge in [-0.2, -0.15) is 0 Å². The van der Waals surface area contributed by atoms with E-state index in [0.29, 0.717) is 5.69 Å². The van der Waals surface area contributed by atoms with Crippen molar-refractivity contribution in [2.75, 3.05) is 30.9 Å². The third-order valence-electron chi connectivity index (χ3n) is 2.25. The van der Waals surface area contributed by atoms with Crippen LogP contribution in [-0.4, -0.2) is 50.7 Å². The molecule has 0 aliphatic rings. The number of para-hydroxylation sites is 1. The van der Waals surface area contributed by atoms with Crippen molar-refractivity contribution in [2.45, 2.75) is 0 Å². The third kappa shape index (κ3) is 5.52. The van der Waals surface area contributed by atoms with Crippen LogP contribution >= 0.6 is 0 Å². The monoisotopic (exact) mass is 284 g/mol. The van der Waals surface area contributed by atoms with Crippen LogP contribution in [0.4, 0.5) is 5.69 Å². The second kappa shape index (κ2) is 6.33. The molecule has 0 fully saturated rings. The summed E-state index contributed by atoms with van der Waals surface area (Å²) < 4.78 is 23.3. The zero-order valence-corrected chi connectivity index (χ0v) is 11.6. The van der Waals surface area contributed by atoms with Crippen LogP contribution in [0, 0.1) is 0 Å². The zero-order valence-electron chi connectivity index (χ0n) is 10.8. The highest BCUT2D eigenvalue weighted by atomic mass is 32.2. The number of rotatable bonds is 5. The molecule has 0 unspecified atom stereocenters. The minimum atomic E-state index is -3.75. The molecule has 0 bridgehead atoms. The molecule has 104 valence electrons. The number of hydrogen-bond donors (Lipinski definition) is 1. The summed E-state index contributed by atoms with van der Waals surface area (Å²) >= 11 is 0. The lowest BCUT2D eigenvalue weighted by Gasteiger charge is -2.10. The summed E-state index contributed by atoms with van der Waals surface area (Å²) in [6.07, 6.45) is 0. The molecule has 0 heterocycles. The van der Waals surface area contributed by atoms with Crippen molar-refractivity contribution in [1.29, 1.82) is 0 Å². The Hall–Kier alpha value is -1.89. The van der Waals surface area contributed by atoms with Crippen LogP contribution in [0.25, 0.3) is 0 Å². The molecule has 1 rings (SSSR count). The molecule has 7 heteroatoms. The Bertz CT molecular complexity index is 552. The molecule has 0 atom stereocenters. The highest BCUT2D eigenvalue weighted by molar-refractivity contribution is 7.92. The van der Waals surface area contributed by atoms with Crippen LogP contribution in [0.1, 0.15) is 0 Å². The number of nitrogens with one attached hydrogen (secondary N) is 1. The Labute approximate surface area is 112 Å². The van der Waals surface area contributed by atoms with Crippen molar-refractivity contribution in [1.82, 2.24) is 4.90 Å². The van der Waals surface area contributed by atoms with Crippen LogP contribution in [0.2, 0.25) is 0 Å². The number of amides is 2. The lowest BCUT2D eigenvalue weighted by atomic mass is 10.3. The largest absolute Gasteiger partial charge is 0.348 e. The molecular weight excluding hydrogens is 268 g/mol. The van der Waals surface area contributed by atoms with Gasteiger partial charge in [-0.25, -0.2) is 8.42 Å². The molecule has 1 aromatic carbocycles. The lowest BCUT2D eigenvalue weighted by molar-refractivity contribution is -0.125. The summed E-state index contributed by atoms with van der Waals surface area (Å²) in [6.45, 7) is 0. The van der Waals surface area contributed by atoms with Gasteiger partial charge >= 0.3 is 0 Å². The minimum absolute atomic E-state index is 0.515. The zero-order chi connectivity index (χ0) is 14.5. The third-order valence-corrected chi connectivity index (χ3v) is 3.64. The fraction of sp³-hybridized carbons (Fsp3) is 0.333. The van der Waals surface area contributed by atoms with Gasteiger partial charge in [0.15, 0.2) is 9.84 Å². The van der Waals surface area contributed by atoms with Gasteiger partial charge in [0.05, 0.1) is 0 Å². The van der Waals surface area contributed by atoms with E-state index in [1.807, 2.05) is 0 Å². The van der Waals surface area contributed by atoms with Crippen LogP contribution in [-0.2, 0) is 19.4 Å². The van der Waals surface area contributed by atoms with E-state index in [9.17, 15) is 18.0 Å². The second-order valence-corrected chi connectivity index (χ2v) is 6.30. The molecular formula is C12H16N2O4S. The normalized spacial score (nSPS) is 10.8. The molecule has 1 N–H and O–H groups in total. The van der Waals surface area contributed by atoms with Crippen LogP contribution in [0.5, 0.6) is 0 Å². The van der Waals surface area contributed by atoms with Gasteiger partial charge in [0.1, 0.15) is 11.5 Å². The number of sulfone groups is 1. The predicted octanol–water partition coefficient (Wildman–Crippen LogP) is 0.128. The van der Waals surface area contributed by atoms with Gasteiger partial charge in [-0.3, -0.25) is 9.59 Å². The van der Waals surface area contributed by atoms with Crippen molar-refractivity contribution in [3.05, 3.63) is 30.3 Å². The standard InChI is InChI=1S/C12H16N2O4S/c1-14(2)12(16)9-19(17,18)8-11(15)13-10-6-4-3-5-7-10/h3-7H,8-9H2,1-2H3,(H,13,15). The highest BCUT2D eigenvalue weighted by Gasteiger charge is 2.21. The van der Waals surface area contributed by atoms with Gasteiger partial charge in [-0.05, 0) is 12.1 Å². The first kappa shape index (κ1) is 15.2. The molecule has 1 aromatic rings. The van der Waals surface area contributed by atoms with E-state index >= 15 is 0 Å². The summed E-state index contributed by atoms with van der Waals surface area (Å²) in [6, 6.07) is 8.52. The Morgan fingerprint density at radius 2 is 1.68 bits per heavy atom. The SMILES string of the molecule is CN(C)C(=O)CS(=O)(=O)CC(=O)Nc1ccccc1. The number of nitrogens with zero attached hydrogens (tertiary/aromatic N) is 1. The van der Waals surface area contributed by atoms with Crippen molar-refractivity contribution in [3.63, 3.8) is 0 Å². The van der Waals surface area contributed by atoms with Crippen LogP contribution in [0.15, 0.2) is 30.3 Å². The summed E-state index contributed by atoms with van der Waals surface area (Å²) in [5.74, 6) is -2.57. The Balaban J connectivity index is 2.59. The van der Waals surface area contributed by atoms with E-state index in [-0.39, 0.29) is 0 Å². The quantitative estimate of drug-likeness (QED) is 0.833. The number of anilines is 1. The second-order valence-electron chi connectivity index (χ2n) is 4.23. The van der Waals surface area contributed by atoms with Gasteiger partial charge in [0, 0.05) is 19.8 Å². The number of carbonyl (C=O) groups is 2. The van der Waals surface area contributed by atoms with Crippen molar-refractivity contribution < 1.29 is 18.0 Å². The highest BCUT2D eigenvalue weighted by Crippen LogP contribution is 2.05. The first-order valence-corrected chi connectivity index (χ1v) is 7.38. The molecule has 19 heavy (non-hydrogen) atoms. The Morgan fingerprint density at radius 3 is 2.21 bits per heavy atom. The summed E-state index contributed by atoms with van der Waals surface area (Å²) in [5.41, 5.74) is 0.515. The molecule has 0 saturated heterocycles.